The summed E-state index contributed by atoms with van der Waals surface area (Å²) >= 11 is 0. The van der Waals surface area contributed by atoms with E-state index in [9.17, 15) is 38.9 Å². The molecule has 5 aromatic carbocycles. The number of rotatable bonds is 7. The Morgan fingerprint density at radius 1 is 0.641 bits per heavy atom. The van der Waals surface area contributed by atoms with E-state index in [1.165, 1.54) is 24.3 Å². The van der Waals surface area contributed by atoms with E-state index in [1.807, 2.05) is 0 Å². The van der Waals surface area contributed by atoms with Crippen molar-refractivity contribution in [3.05, 3.63) is 78.4 Å². The molecule has 0 bridgehead atoms. The summed E-state index contributed by atoms with van der Waals surface area (Å²) in [5.74, 6) is -0.00186. The van der Waals surface area contributed by atoms with Gasteiger partial charge in [0.15, 0.2) is 0 Å². The van der Waals surface area contributed by atoms with Gasteiger partial charge in [-0.05, 0) is 23.3 Å². The third-order valence-corrected chi connectivity index (χ3v) is 8.87. The summed E-state index contributed by atoms with van der Waals surface area (Å²) in [4.78, 5) is -2.19. The SMILES string of the molecule is C=Cc1ccc(COc2cc(S(=O)(=O)O)c3ccc4c(S(=O)(=O)O)cc(S(=O)(=O)O)c5ccc2c3c54)cc1.[NaH]. The zero-order chi connectivity index (χ0) is 27.6. The molecule has 0 heterocycles. The van der Waals surface area contributed by atoms with E-state index in [2.05, 4.69) is 6.58 Å². The van der Waals surface area contributed by atoms with Crippen LogP contribution in [0.25, 0.3) is 38.4 Å². The molecule has 3 N–H and O–H groups in total. The maximum atomic E-state index is 12.3. The fraction of sp³-hybridized carbons (Fsp3) is 0.0400. The van der Waals surface area contributed by atoms with Gasteiger partial charge in [-0.3, -0.25) is 13.7 Å². The van der Waals surface area contributed by atoms with Crippen LogP contribution < -0.4 is 4.74 Å². The molecule has 0 saturated heterocycles. The Hall–Kier alpha value is -2.59. The normalized spacial score (nSPS) is 12.6. The van der Waals surface area contributed by atoms with Crippen LogP contribution in [0.2, 0.25) is 0 Å². The zero-order valence-electron chi connectivity index (χ0n) is 19.2. The van der Waals surface area contributed by atoms with Gasteiger partial charge in [-0.25, -0.2) is 0 Å². The number of ether oxygens (including phenoxy) is 1. The van der Waals surface area contributed by atoms with Crippen molar-refractivity contribution in [1.82, 2.24) is 0 Å². The zero-order valence-corrected chi connectivity index (χ0v) is 21.6. The molecule has 0 aliphatic rings. The van der Waals surface area contributed by atoms with Crippen molar-refractivity contribution in [3.63, 3.8) is 0 Å². The van der Waals surface area contributed by atoms with Crippen LogP contribution in [0.5, 0.6) is 5.75 Å². The minimum absolute atomic E-state index is 0. The van der Waals surface area contributed by atoms with Gasteiger partial charge in [0.25, 0.3) is 30.4 Å². The molecule has 0 aliphatic carbocycles. The Morgan fingerprint density at radius 2 is 1.05 bits per heavy atom. The summed E-state index contributed by atoms with van der Waals surface area (Å²) in [6.45, 7) is 3.67. The summed E-state index contributed by atoms with van der Waals surface area (Å²) in [5.41, 5.74) is 1.59. The van der Waals surface area contributed by atoms with Gasteiger partial charge in [0.1, 0.15) is 27.0 Å². The predicted octanol–water partition coefficient (Wildman–Crippen LogP) is 3.90. The second-order valence-corrected chi connectivity index (χ2v) is 12.6. The third-order valence-electron chi connectivity index (χ3n) is 6.19. The van der Waals surface area contributed by atoms with Gasteiger partial charge >= 0.3 is 29.6 Å². The number of hydrogen-bond acceptors (Lipinski definition) is 7. The molecule has 0 radical (unpaired) electrons. The van der Waals surface area contributed by atoms with Crippen LogP contribution in [0.4, 0.5) is 0 Å². The van der Waals surface area contributed by atoms with Gasteiger partial charge in [0.05, 0.1) is 0 Å². The van der Waals surface area contributed by atoms with Gasteiger partial charge in [0, 0.05) is 38.4 Å². The van der Waals surface area contributed by atoms with E-state index < -0.39 is 45.0 Å². The van der Waals surface area contributed by atoms with Crippen LogP contribution >= 0.6 is 0 Å². The summed E-state index contributed by atoms with van der Waals surface area (Å²) in [5, 5.41) is -0.0899. The molecule has 39 heavy (non-hydrogen) atoms. The summed E-state index contributed by atoms with van der Waals surface area (Å²) in [6.07, 6.45) is 1.66. The van der Waals surface area contributed by atoms with Crippen molar-refractivity contribution in [2.45, 2.75) is 21.3 Å². The van der Waals surface area contributed by atoms with Crippen molar-refractivity contribution in [2.75, 3.05) is 0 Å². The Bertz CT molecular complexity index is 2050. The topological polar surface area (TPSA) is 172 Å². The van der Waals surface area contributed by atoms with Crippen molar-refractivity contribution in [3.8, 4) is 5.75 Å². The van der Waals surface area contributed by atoms with E-state index in [4.69, 9.17) is 4.74 Å². The van der Waals surface area contributed by atoms with Gasteiger partial charge < -0.3 is 4.74 Å². The molecule has 0 spiro atoms. The van der Waals surface area contributed by atoms with Crippen LogP contribution in [-0.4, -0.2) is 68.5 Å². The van der Waals surface area contributed by atoms with Crippen molar-refractivity contribution in [1.29, 1.82) is 0 Å². The molecule has 0 aromatic heterocycles. The Labute approximate surface area is 245 Å². The molecule has 5 rings (SSSR count). The molecule has 0 atom stereocenters. The van der Waals surface area contributed by atoms with Crippen LogP contribution in [0.15, 0.2) is 81.9 Å². The van der Waals surface area contributed by atoms with Crippen LogP contribution in [0.1, 0.15) is 11.1 Å². The molecule has 0 unspecified atom stereocenters. The summed E-state index contributed by atoms with van der Waals surface area (Å²) in [7, 11) is -14.8. The van der Waals surface area contributed by atoms with E-state index in [-0.39, 0.29) is 74.2 Å². The Morgan fingerprint density at radius 3 is 1.49 bits per heavy atom. The molecule has 0 amide bonds. The number of benzene rings is 5. The standard InChI is InChI=1S/C25H18O10S3.Na.H/c1-2-14-3-5-15(6-4-14)13-35-20-11-21(36(26,27)28)17-9-10-19-23(38(32,33)34)12-22(37(29,30)31)18-8-7-16(20)24(17)25(18)19;;/h2-12H,1,13H2,(H,26,27,28)(H,29,30,31)(H,32,33,34);;. The quantitative estimate of drug-likeness (QED) is 0.142. The molecule has 5 aromatic rings. The number of hydrogen-bond donors (Lipinski definition) is 3. The van der Waals surface area contributed by atoms with E-state index in [0.717, 1.165) is 17.2 Å². The monoisotopic (exact) mass is 598 g/mol. The molecule has 0 fully saturated rings. The van der Waals surface area contributed by atoms with Gasteiger partial charge in [-0.15, -0.1) is 0 Å². The first-order valence-corrected chi connectivity index (χ1v) is 15.1. The molecule has 0 aliphatic heterocycles. The van der Waals surface area contributed by atoms with Crippen LogP contribution in [0, 0.1) is 0 Å². The summed E-state index contributed by atoms with van der Waals surface area (Å²) < 4.78 is 109. The van der Waals surface area contributed by atoms with E-state index in [0.29, 0.717) is 6.07 Å². The van der Waals surface area contributed by atoms with Crippen LogP contribution in [-0.2, 0) is 37.0 Å². The minimum atomic E-state index is -4.99. The molecule has 10 nitrogen and oxygen atoms in total. The second kappa shape index (κ2) is 10.1. The van der Waals surface area contributed by atoms with E-state index in [1.54, 1.807) is 30.3 Å². The Kier molecular flexibility index (Phi) is 7.62. The average molecular weight is 599 g/mol. The Balaban J connectivity index is 0.00000353. The van der Waals surface area contributed by atoms with Crippen molar-refractivity contribution < 1.29 is 43.6 Å². The van der Waals surface area contributed by atoms with Crippen molar-refractivity contribution in [2.24, 2.45) is 0 Å². The third kappa shape index (κ3) is 5.29. The first-order chi connectivity index (χ1) is 17.7. The maximum absolute atomic E-state index is 12.3. The first kappa shape index (κ1) is 29.4. The predicted molar refractivity (Wildman–Crippen MR) is 148 cm³/mol. The van der Waals surface area contributed by atoms with Gasteiger partial charge in [0.2, 0.25) is 0 Å². The molecule has 198 valence electrons. The molecule has 14 heteroatoms. The fourth-order valence-electron chi connectivity index (χ4n) is 4.54. The van der Waals surface area contributed by atoms with Crippen LogP contribution in [0.3, 0.4) is 0 Å². The van der Waals surface area contributed by atoms with E-state index >= 15 is 0 Å². The fourth-order valence-corrected chi connectivity index (χ4v) is 6.74. The van der Waals surface area contributed by atoms with Crippen molar-refractivity contribution >= 4 is 98.3 Å². The molecular weight excluding hydrogens is 579 g/mol. The summed E-state index contributed by atoms with van der Waals surface area (Å²) in [6, 6.07) is 14.0. The molecule has 0 saturated carbocycles. The average Bonchev–Trinajstić information content (AvgIpc) is 2.84. The molecular formula is C25H19NaO10S3. The first-order valence-electron chi connectivity index (χ1n) is 10.8. The van der Waals surface area contributed by atoms with Gasteiger partial charge in [-0.2, -0.15) is 25.3 Å². The second-order valence-electron chi connectivity index (χ2n) is 8.48. The van der Waals surface area contributed by atoms with Gasteiger partial charge in [-0.1, -0.05) is 55.1 Å².